The van der Waals surface area contributed by atoms with Crippen LogP contribution < -0.4 is 11.1 Å². The van der Waals surface area contributed by atoms with Gasteiger partial charge in [-0.25, -0.2) is 9.97 Å². The third-order valence-corrected chi connectivity index (χ3v) is 7.99. The highest BCUT2D eigenvalue weighted by molar-refractivity contribution is 6.06. The Bertz CT molecular complexity index is 1500. The average molecular weight is 518 g/mol. The summed E-state index contributed by atoms with van der Waals surface area (Å²) in [4.78, 5) is 21.9. The molecule has 0 unspecified atom stereocenters. The molecule has 0 fully saturated rings. The number of nitrogens with zero attached hydrogens (tertiary/aromatic N) is 3. The number of carbonyl (C=O) groups excluding carboxylic acids is 1. The number of nitrogens with one attached hydrogen (secondary N) is 1. The topological polar surface area (TPSA) is 126 Å². The Balaban J connectivity index is 1.91. The van der Waals surface area contributed by atoms with Crippen LogP contribution in [-0.2, 0) is 23.2 Å². The van der Waals surface area contributed by atoms with Crippen molar-refractivity contribution in [2.24, 2.45) is 0 Å². The average Bonchev–Trinajstić information content (AvgIpc) is 3.23. The molecule has 2 aromatic heterocycles. The van der Waals surface area contributed by atoms with Crippen molar-refractivity contribution in [3.63, 3.8) is 0 Å². The fourth-order valence-corrected chi connectivity index (χ4v) is 4.87. The minimum absolute atomic E-state index is 0.00616. The van der Waals surface area contributed by atoms with Crippen LogP contribution in [0.3, 0.4) is 0 Å². The number of anilines is 1. The summed E-state index contributed by atoms with van der Waals surface area (Å²) in [5, 5.41) is 24.6. The maximum Gasteiger partial charge on any atom is 0.220 e. The first-order valence-corrected chi connectivity index (χ1v) is 13.3. The van der Waals surface area contributed by atoms with Gasteiger partial charge in [0.15, 0.2) is 5.82 Å². The lowest BCUT2D eigenvalue weighted by Gasteiger charge is -2.43. The predicted molar refractivity (Wildman–Crippen MR) is 152 cm³/mol. The van der Waals surface area contributed by atoms with Crippen LogP contribution >= 0.6 is 0 Å². The Hall–Kier alpha value is -3.81. The van der Waals surface area contributed by atoms with Gasteiger partial charge in [-0.3, -0.25) is 4.79 Å². The molecule has 0 aliphatic rings. The monoisotopic (exact) mass is 517 g/mol. The molecule has 38 heavy (non-hydrogen) atoms. The molecular formula is C30H39N5O3. The van der Waals surface area contributed by atoms with E-state index >= 15 is 0 Å². The van der Waals surface area contributed by atoms with Gasteiger partial charge in [-0.15, -0.1) is 0 Å². The van der Waals surface area contributed by atoms with E-state index in [0.29, 0.717) is 29.9 Å². The third kappa shape index (κ3) is 4.87. The summed E-state index contributed by atoms with van der Waals surface area (Å²) in [7, 11) is 0. The largest absolute Gasteiger partial charge is 0.508 e. The molecule has 202 valence electrons. The number of carbonyl (C=O) groups is 1. The first-order chi connectivity index (χ1) is 17.9. The Morgan fingerprint density at radius 2 is 1.79 bits per heavy atom. The Morgan fingerprint density at radius 1 is 1.05 bits per heavy atom. The molecule has 2 heterocycles. The number of benzene rings is 2. The Kier molecular flexibility index (Phi) is 7.28. The Morgan fingerprint density at radius 3 is 2.47 bits per heavy atom. The number of amides is 1. The van der Waals surface area contributed by atoms with Gasteiger partial charge in [0.1, 0.15) is 22.8 Å². The number of fused-ring (bicyclic) bond motifs is 3. The van der Waals surface area contributed by atoms with Crippen molar-refractivity contribution in [3.05, 3.63) is 53.3 Å². The predicted octanol–water partition coefficient (Wildman–Crippen LogP) is 5.55. The molecule has 0 saturated heterocycles. The summed E-state index contributed by atoms with van der Waals surface area (Å²) in [6, 6.07) is 10.7. The number of imidazole rings is 1. The molecule has 5 N–H and O–H groups in total. The highest BCUT2D eigenvalue weighted by Gasteiger charge is 2.39. The fraction of sp³-hybridized carbons (Fsp3) is 0.433. The molecule has 4 rings (SSSR count). The molecule has 1 amide bonds. The van der Waals surface area contributed by atoms with Crippen molar-refractivity contribution >= 4 is 33.7 Å². The van der Waals surface area contributed by atoms with Gasteiger partial charge >= 0.3 is 0 Å². The van der Waals surface area contributed by atoms with E-state index in [9.17, 15) is 15.0 Å². The lowest BCUT2D eigenvalue weighted by molar-refractivity contribution is -0.123. The van der Waals surface area contributed by atoms with Crippen LogP contribution in [0.5, 0.6) is 11.5 Å². The van der Waals surface area contributed by atoms with Gasteiger partial charge in [0.25, 0.3) is 0 Å². The van der Waals surface area contributed by atoms with Gasteiger partial charge in [0.05, 0.1) is 17.6 Å². The number of pyridine rings is 1. The van der Waals surface area contributed by atoms with E-state index < -0.39 is 11.0 Å². The van der Waals surface area contributed by atoms with Crippen LogP contribution in [0.15, 0.2) is 36.4 Å². The van der Waals surface area contributed by atoms with Gasteiger partial charge in [-0.05, 0) is 50.1 Å². The lowest BCUT2D eigenvalue weighted by atomic mass is 9.69. The zero-order valence-corrected chi connectivity index (χ0v) is 23.2. The smallest absolute Gasteiger partial charge is 0.220 e. The fourth-order valence-electron chi connectivity index (χ4n) is 4.87. The summed E-state index contributed by atoms with van der Waals surface area (Å²) >= 11 is 0. The number of unbranched alkanes of at least 4 members (excludes halogenated alkanes) is 1. The van der Waals surface area contributed by atoms with E-state index in [2.05, 4.69) is 36.7 Å². The molecule has 8 heteroatoms. The van der Waals surface area contributed by atoms with Gasteiger partial charge < -0.3 is 25.8 Å². The minimum atomic E-state index is -0.509. The lowest BCUT2D eigenvalue weighted by Crippen LogP contribution is -2.55. The number of aromatic nitrogens is 3. The van der Waals surface area contributed by atoms with E-state index in [-0.39, 0.29) is 17.4 Å². The van der Waals surface area contributed by atoms with Crippen LogP contribution in [0.1, 0.15) is 77.8 Å². The molecule has 8 nitrogen and oxygen atoms in total. The van der Waals surface area contributed by atoms with Crippen molar-refractivity contribution in [3.8, 4) is 11.5 Å². The summed E-state index contributed by atoms with van der Waals surface area (Å²) in [5.74, 6) is 1.41. The van der Waals surface area contributed by atoms with Crippen LogP contribution in [0.4, 0.5) is 5.82 Å². The van der Waals surface area contributed by atoms with Gasteiger partial charge in [-0.2, -0.15) is 0 Å². The van der Waals surface area contributed by atoms with Gasteiger partial charge in [0.2, 0.25) is 5.91 Å². The van der Waals surface area contributed by atoms with E-state index in [4.69, 9.17) is 15.7 Å². The van der Waals surface area contributed by atoms with Crippen molar-refractivity contribution in [1.82, 2.24) is 19.9 Å². The molecule has 0 saturated carbocycles. The van der Waals surface area contributed by atoms with Crippen molar-refractivity contribution in [2.75, 3.05) is 5.73 Å². The molecule has 4 aromatic rings. The molecule has 0 spiro atoms. The normalized spacial score (nSPS) is 12.4. The number of aryl methyl sites for hydroxylation is 1. The maximum absolute atomic E-state index is 12.2. The van der Waals surface area contributed by atoms with Crippen LogP contribution in [-0.4, -0.2) is 36.2 Å². The molecule has 2 aromatic carbocycles. The number of nitrogens with two attached hydrogens (primary N) is 1. The molecule has 0 aliphatic carbocycles. The first kappa shape index (κ1) is 27.2. The molecule has 0 atom stereocenters. The zero-order chi connectivity index (χ0) is 27.8. The van der Waals surface area contributed by atoms with E-state index in [1.807, 2.05) is 32.9 Å². The van der Waals surface area contributed by atoms with Crippen molar-refractivity contribution in [2.45, 2.75) is 84.7 Å². The number of rotatable bonds is 9. The number of hydrogen-bond acceptors (Lipinski definition) is 6. The van der Waals surface area contributed by atoms with Crippen molar-refractivity contribution < 1.29 is 15.0 Å². The van der Waals surface area contributed by atoms with Crippen LogP contribution in [0.2, 0.25) is 0 Å². The molecule has 0 radical (unpaired) electrons. The SMILES string of the molecule is CCCCc1nc2c(N)nc3cc(C(C)(C)C(C)(C)NC(=O)CC)ccc3c2n1Cc1cc(O)ccc1O. The Labute approximate surface area is 223 Å². The van der Waals surface area contributed by atoms with E-state index in [1.54, 1.807) is 6.07 Å². The summed E-state index contributed by atoms with van der Waals surface area (Å²) in [6.45, 7) is 12.6. The highest BCUT2D eigenvalue weighted by Crippen LogP contribution is 2.38. The molecule has 0 aliphatic heterocycles. The number of nitrogen functional groups attached to an aromatic ring is 1. The minimum Gasteiger partial charge on any atom is -0.508 e. The van der Waals surface area contributed by atoms with Crippen molar-refractivity contribution in [1.29, 1.82) is 0 Å². The number of hydrogen-bond donors (Lipinski definition) is 4. The van der Waals surface area contributed by atoms with Crippen LogP contribution in [0, 0.1) is 0 Å². The van der Waals surface area contributed by atoms with Crippen LogP contribution in [0.25, 0.3) is 21.9 Å². The van der Waals surface area contributed by atoms with E-state index in [1.165, 1.54) is 12.1 Å². The highest BCUT2D eigenvalue weighted by atomic mass is 16.3. The standard InChI is InChI=1S/C30H39N5O3/c1-7-9-10-24-33-26-27(35(24)17-18-15-20(36)12-14-23(18)37)21-13-11-19(16-22(21)32-28(26)31)29(3,4)30(5,6)34-25(38)8-2/h11-16,36-37H,7-10,17H2,1-6H3,(H2,31,32)(H,34,38). The summed E-state index contributed by atoms with van der Waals surface area (Å²) < 4.78 is 2.08. The van der Waals surface area contributed by atoms with E-state index in [0.717, 1.165) is 47.1 Å². The number of aromatic hydroxyl groups is 2. The van der Waals surface area contributed by atoms with Gasteiger partial charge in [0, 0.05) is 34.7 Å². The second-order valence-electron chi connectivity index (χ2n) is 11.1. The third-order valence-electron chi connectivity index (χ3n) is 7.99. The molecule has 0 bridgehead atoms. The first-order valence-electron chi connectivity index (χ1n) is 13.3. The quantitative estimate of drug-likeness (QED) is 0.216. The second kappa shape index (κ2) is 10.2. The summed E-state index contributed by atoms with van der Waals surface area (Å²) in [5.41, 5.74) is 9.40. The number of phenolic OH excluding ortho intramolecular Hbond substituents is 2. The zero-order valence-electron chi connectivity index (χ0n) is 23.2. The second-order valence-corrected chi connectivity index (χ2v) is 11.1. The number of phenols is 2. The summed E-state index contributed by atoms with van der Waals surface area (Å²) in [6.07, 6.45) is 3.14. The maximum atomic E-state index is 12.2. The molecular weight excluding hydrogens is 478 g/mol. The van der Waals surface area contributed by atoms with Gasteiger partial charge in [-0.1, -0.05) is 46.2 Å².